The zero-order valence-electron chi connectivity index (χ0n) is 15.7. The number of carbonyl (C=O) groups is 2. The van der Waals surface area contributed by atoms with Crippen LogP contribution in [0.5, 0.6) is 0 Å². The number of esters is 1. The minimum Gasteiger partial charge on any atom is -0.462 e. The van der Waals surface area contributed by atoms with Gasteiger partial charge in [0.25, 0.3) is 5.69 Å². The zero-order chi connectivity index (χ0) is 21.4. The molecular weight excluding hydrogens is 410 g/mol. The molecule has 2 aromatic carbocycles. The van der Waals surface area contributed by atoms with Crippen molar-refractivity contribution in [2.24, 2.45) is 0 Å². The number of benzene rings is 2. The Morgan fingerprint density at radius 3 is 2.67 bits per heavy atom. The summed E-state index contributed by atoms with van der Waals surface area (Å²) in [5.74, 6) is -1.22. The zero-order valence-corrected chi connectivity index (χ0v) is 16.4. The predicted octanol–water partition coefficient (Wildman–Crippen LogP) is 4.46. The van der Waals surface area contributed by atoms with E-state index >= 15 is 0 Å². The van der Waals surface area contributed by atoms with E-state index in [1.165, 1.54) is 41.1 Å². The highest BCUT2D eigenvalue weighted by atomic mass is 35.5. The number of para-hydroxylation sites is 1. The molecule has 0 bridgehead atoms. The Hall–Kier alpha value is -3.78. The Labute approximate surface area is 174 Å². The van der Waals surface area contributed by atoms with Crippen molar-refractivity contribution < 1.29 is 19.2 Å². The fourth-order valence-electron chi connectivity index (χ4n) is 3.35. The summed E-state index contributed by atoms with van der Waals surface area (Å²) < 4.78 is 6.60. The van der Waals surface area contributed by atoms with Gasteiger partial charge in [-0.1, -0.05) is 23.7 Å². The van der Waals surface area contributed by atoms with Crippen molar-refractivity contribution in [2.45, 2.75) is 6.92 Å². The van der Waals surface area contributed by atoms with Gasteiger partial charge in [0.1, 0.15) is 11.9 Å². The van der Waals surface area contributed by atoms with Gasteiger partial charge >= 0.3 is 5.97 Å². The van der Waals surface area contributed by atoms with Crippen LogP contribution in [0.15, 0.2) is 54.9 Å². The van der Waals surface area contributed by atoms with Crippen LogP contribution < -0.4 is 0 Å². The van der Waals surface area contributed by atoms with E-state index in [0.29, 0.717) is 21.4 Å². The van der Waals surface area contributed by atoms with Gasteiger partial charge in [-0.15, -0.1) is 0 Å². The maximum atomic E-state index is 13.2. The largest absolute Gasteiger partial charge is 0.462 e. The molecule has 4 aromatic rings. The third kappa shape index (κ3) is 3.17. The maximum absolute atomic E-state index is 13.2. The van der Waals surface area contributed by atoms with E-state index in [4.69, 9.17) is 16.3 Å². The third-order valence-corrected chi connectivity index (χ3v) is 4.87. The number of fused-ring (bicyclic) bond motifs is 3. The number of halogens is 1. The van der Waals surface area contributed by atoms with Gasteiger partial charge in [0.15, 0.2) is 0 Å². The first-order chi connectivity index (χ1) is 14.4. The topological polar surface area (TPSA) is 104 Å². The van der Waals surface area contributed by atoms with Gasteiger partial charge in [-0.05, 0) is 37.3 Å². The molecule has 2 aromatic heterocycles. The van der Waals surface area contributed by atoms with Crippen LogP contribution in [0, 0.1) is 10.1 Å². The lowest BCUT2D eigenvalue weighted by molar-refractivity contribution is -0.385. The average Bonchev–Trinajstić information content (AvgIpc) is 3.13. The van der Waals surface area contributed by atoms with Gasteiger partial charge in [0.2, 0.25) is 5.78 Å². The number of aromatic nitrogens is 2. The molecule has 0 aliphatic carbocycles. The van der Waals surface area contributed by atoms with Crippen LogP contribution in [-0.2, 0) is 4.74 Å². The number of nitro groups is 1. The molecule has 0 aliphatic rings. The van der Waals surface area contributed by atoms with E-state index in [1.807, 2.05) is 0 Å². The first-order valence-electron chi connectivity index (χ1n) is 8.97. The number of nitro benzene ring substituents is 1. The number of rotatable bonds is 5. The molecule has 2 heterocycles. The van der Waals surface area contributed by atoms with Crippen LogP contribution in [0.3, 0.4) is 0 Å². The van der Waals surface area contributed by atoms with E-state index in [0.717, 1.165) is 0 Å². The molecule has 0 unspecified atom stereocenters. The van der Waals surface area contributed by atoms with Gasteiger partial charge < -0.3 is 4.74 Å². The molecule has 9 heteroatoms. The quantitative estimate of drug-likeness (QED) is 0.203. The average molecular weight is 424 g/mol. The van der Waals surface area contributed by atoms with Gasteiger partial charge in [0.05, 0.1) is 33.8 Å². The lowest BCUT2D eigenvalue weighted by Crippen LogP contribution is -2.08. The lowest BCUT2D eigenvalue weighted by Gasteiger charge is -2.06. The predicted molar refractivity (Wildman–Crippen MR) is 110 cm³/mol. The number of nitrogens with zero attached hydrogens (tertiary/aromatic N) is 3. The van der Waals surface area contributed by atoms with E-state index in [2.05, 4.69) is 4.98 Å². The van der Waals surface area contributed by atoms with Crippen LogP contribution in [0.4, 0.5) is 5.69 Å². The molecular formula is C21H14ClN3O5. The number of hydrogen-bond acceptors (Lipinski definition) is 6. The molecule has 0 aliphatic heterocycles. The summed E-state index contributed by atoms with van der Waals surface area (Å²) >= 11 is 6.05. The highest BCUT2D eigenvalue weighted by molar-refractivity contribution is 6.31. The van der Waals surface area contributed by atoms with Gasteiger partial charge in [-0.2, -0.15) is 0 Å². The van der Waals surface area contributed by atoms with Gasteiger partial charge in [-0.25, -0.2) is 9.78 Å². The number of carbonyl (C=O) groups excluding carboxylic acids is 2. The maximum Gasteiger partial charge on any atom is 0.340 e. The number of hydrogen-bond donors (Lipinski definition) is 0. The first-order valence-corrected chi connectivity index (χ1v) is 9.34. The SMILES string of the molecule is CCOC(=O)c1cc(C(=O)c2ccccc2[N+](=O)[O-])n2cnc3cc(Cl)ccc3c12. The summed E-state index contributed by atoms with van der Waals surface area (Å²) in [4.78, 5) is 40.9. The van der Waals surface area contributed by atoms with Crippen LogP contribution in [-0.4, -0.2) is 32.7 Å². The summed E-state index contributed by atoms with van der Waals surface area (Å²) in [6, 6.07) is 12.0. The molecule has 150 valence electrons. The first kappa shape index (κ1) is 19.5. The van der Waals surface area contributed by atoms with Crippen molar-refractivity contribution in [1.29, 1.82) is 0 Å². The molecule has 0 saturated heterocycles. The summed E-state index contributed by atoms with van der Waals surface area (Å²) in [5.41, 5.74) is 0.754. The minimum absolute atomic E-state index is 0.0618. The normalized spacial score (nSPS) is 11.0. The number of ether oxygens (including phenoxy) is 1. The molecule has 30 heavy (non-hydrogen) atoms. The Kier molecular flexibility index (Phi) is 4.93. The fraction of sp³-hybridized carbons (Fsp3) is 0.0952. The number of ketones is 1. The Bertz CT molecular complexity index is 1350. The van der Waals surface area contributed by atoms with Crippen molar-refractivity contribution in [3.05, 3.63) is 86.8 Å². The molecule has 0 atom stereocenters. The van der Waals surface area contributed by atoms with Crippen molar-refractivity contribution in [1.82, 2.24) is 9.38 Å². The fourth-order valence-corrected chi connectivity index (χ4v) is 3.52. The van der Waals surface area contributed by atoms with Crippen LogP contribution >= 0.6 is 11.6 Å². The Balaban J connectivity index is 2.02. The lowest BCUT2D eigenvalue weighted by atomic mass is 10.1. The standard InChI is InChI=1S/C21H14ClN3O5/c1-2-30-21(27)15-10-18(20(26)14-5-3-4-6-17(14)25(28)29)24-11-23-16-9-12(22)7-8-13(16)19(15)24/h3-11H,2H2,1H3. The smallest absolute Gasteiger partial charge is 0.340 e. The van der Waals surface area contributed by atoms with Crippen molar-refractivity contribution in [3.63, 3.8) is 0 Å². The molecule has 8 nitrogen and oxygen atoms in total. The van der Waals surface area contributed by atoms with E-state index < -0.39 is 16.7 Å². The third-order valence-electron chi connectivity index (χ3n) is 4.64. The Morgan fingerprint density at radius 1 is 1.17 bits per heavy atom. The second-order valence-corrected chi connectivity index (χ2v) is 6.83. The van der Waals surface area contributed by atoms with Crippen LogP contribution in [0.2, 0.25) is 5.02 Å². The molecule has 4 rings (SSSR count). The molecule has 0 amide bonds. The van der Waals surface area contributed by atoms with E-state index in [9.17, 15) is 19.7 Å². The van der Waals surface area contributed by atoms with Crippen LogP contribution in [0.25, 0.3) is 16.4 Å². The molecule has 0 saturated carbocycles. The molecule has 0 radical (unpaired) electrons. The molecule has 0 fully saturated rings. The second-order valence-electron chi connectivity index (χ2n) is 6.39. The summed E-state index contributed by atoms with van der Waals surface area (Å²) in [7, 11) is 0. The summed E-state index contributed by atoms with van der Waals surface area (Å²) in [6.07, 6.45) is 1.39. The highest BCUT2D eigenvalue weighted by Crippen LogP contribution is 2.30. The van der Waals surface area contributed by atoms with E-state index in [-0.39, 0.29) is 29.1 Å². The summed E-state index contributed by atoms with van der Waals surface area (Å²) in [6.45, 7) is 1.83. The minimum atomic E-state index is -0.620. The van der Waals surface area contributed by atoms with Gasteiger partial charge in [0, 0.05) is 16.5 Å². The monoisotopic (exact) mass is 423 g/mol. The summed E-state index contributed by atoms with van der Waals surface area (Å²) in [5, 5.41) is 12.4. The highest BCUT2D eigenvalue weighted by Gasteiger charge is 2.27. The molecule has 0 N–H and O–H groups in total. The van der Waals surface area contributed by atoms with Crippen LogP contribution in [0.1, 0.15) is 33.3 Å². The van der Waals surface area contributed by atoms with Crippen molar-refractivity contribution >= 4 is 45.5 Å². The van der Waals surface area contributed by atoms with Crippen molar-refractivity contribution in [3.8, 4) is 0 Å². The molecule has 0 spiro atoms. The second kappa shape index (κ2) is 7.57. The van der Waals surface area contributed by atoms with Gasteiger partial charge in [-0.3, -0.25) is 19.3 Å². The van der Waals surface area contributed by atoms with E-state index in [1.54, 1.807) is 25.1 Å². The van der Waals surface area contributed by atoms with Crippen molar-refractivity contribution in [2.75, 3.05) is 6.61 Å². The Morgan fingerprint density at radius 2 is 1.93 bits per heavy atom.